The number of nitrogens with one attached hydrogen (secondary N) is 1. The molecule has 1 unspecified atom stereocenters. The van der Waals surface area contributed by atoms with E-state index in [-0.39, 0.29) is 23.8 Å². The summed E-state index contributed by atoms with van der Waals surface area (Å²) in [5.74, 6) is -0.146. The molecule has 1 aromatic heterocycles. The number of benzene rings is 2. The number of halogens is 2. The lowest BCUT2D eigenvalue weighted by Gasteiger charge is -2.23. The van der Waals surface area contributed by atoms with Gasteiger partial charge in [-0.25, -0.2) is 22.5 Å². The second-order valence-electron chi connectivity index (χ2n) is 6.39. The highest BCUT2D eigenvalue weighted by molar-refractivity contribution is 7.91. The van der Waals surface area contributed by atoms with Crippen LogP contribution in [-0.4, -0.2) is 35.1 Å². The first kappa shape index (κ1) is 18.6. The number of hydrogen-bond donors (Lipinski definition) is 1. The normalized spacial score (nSPS) is 16.4. The fourth-order valence-corrected chi connectivity index (χ4v) is 3.56. The number of aromatic nitrogens is 3. The van der Waals surface area contributed by atoms with Gasteiger partial charge in [-0.1, -0.05) is 35.9 Å². The van der Waals surface area contributed by atoms with E-state index in [1.807, 2.05) is 12.1 Å². The molecule has 1 atom stereocenters. The van der Waals surface area contributed by atoms with Crippen LogP contribution in [0.1, 0.15) is 23.6 Å². The average molecular weight is 420 g/mol. The van der Waals surface area contributed by atoms with E-state index in [2.05, 4.69) is 19.8 Å². The summed E-state index contributed by atoms with van der Waals surface area (Å²) in [7, 11) is -3.54. The molecule has 4 rings (SSSR count). The van der Waals surface area contributed by atoms with Gasteiger partial charge in [0.25, 0.3) is 11.9 Å². The van der Waals surface area contributed by atoms with Gasteiger partial charge in [-0.15, -0.1) is 5.10 Å². The molecule has 0 radical (unpaired) electrons. The maximum atomic E-state index is 13.4. The SMILES string of the molecule is CS(=O)(=O)Nc1nc2n(n1)C(c1ccc(F)cc1)CC(c1ccc(Cl)cc1)=N2. The first-order chi connectivity index (χ1) is 13.3. The van der Waals surface area contributed by atoms with Crippen molar-refractivity contribution >= 4 is 39.2 Å². The Hall–Kier alpha value is -2.78. The van der Waals surface area contributed by atoms with Crippen LogP contribution in [0, 0.1) is 5.82 Å². The minimum atomic E-state index is -3.54. The van der Waals surface area contributed by atoms with Crippen molar-refractivity contribution in [3.8, 4) is 0 Å². The third-order valence-electron chi connectivity index (χ3n) is 4.24. The van der Waals surface area contributed by atoms with Crippen molar-refractivity contribution in [3.05, 3.63) is 70.5 Å². The van der Waals surface area contributed by atoms with Gasteiger partial charge in [0.2, 0.25) is 10.0 Å². The van der Waals surface area contributed by atoms with Crippen molar-refractivity contribution in [2.24, 2.45) is 4.99 Å². The van der Waals surface area contributed by atoms with E-state index in [0.717, 1.165) is 23.1 Å². The topological polar surface area (TPSA) is 89.2 Å². The van der Waals surface area contributed by atoms with Crippen LogP contribution in [-0.2, 0) is 10.0 Å². The van der Waals surface area contributed by atoms with Gasteiger partial charge in [0, 0.05) is 11.4 Å². The molecule has 0 fully saturated rings. The molecule has 0 saturated heterocycles. The summed E-state index contributed by atoms with van der Waals surface area (Å²) in [5.41, 5.74) is 2.42. The molecule has 0 spiro atoms. The quantitative estimate of drug-likeness (QED) is 0.700. The zero-order valence-corrected chi connectivity index (χ0v) is 16.2. The van der Waals surface area contributed by atoms with E-state index in [1.54, 1.807) is 28.9 Å². The van der Waals surface area contributed by atoms with E-state index in [4.69, 9.17) is 11.6 Å². The number of fused-ring (bicyclic) bond motifs is 1. The largest absolute Gasteiger partial charge is 0.257 e. The van der Waals surface area contributed by atoms with Crippen LogP contribution >= 0.6 is 11.6 Å². The molecule has 2 aromatic carbocycles. The molecular weight excluding hydrogens is 405 g/mol. The van der Waals surface area contributed by atoms with Crippen molar-refractivity contribution in [2.45, 2.75) is 12.5 Å². The summed E-state index contributed by atoms with van der Waals surface area (Å²) >= 11 is 5.97. The molecule has 7 nitrogen and oxygen atoms in total. The molecule has 3 aromatic rings. The molecule has 28 heavy (non-hydrogen) atoms. The summed E-state index contributed by atoms with van der Waals surface area (Å²) in [6.07, 6.45) is 1.49. The molecule has 1 aliphatic rings. The Labute approximate surface area is 166 Å². The van der Waals surface area contributed by atoms with Crippen LogP contribution in [0.5, 0.6) is 0 Å². The summed E-state index contributed by atoms with van der Waals surface area (Å²) in [4.78, 5) is 8.74. The lowest BCUT2D eigenvalue weighted by atomic mass is 9.96. The first-order valence-corrected chi connectivity index (χ1v) is 10.6. The molecule has 0 bridgehead atoms. The van der Waals surface area contributed by atoms with Gasteiger partial charge >= 0.3 is 0 Å². The van der Waals surface area contributed by atoms with Crippen LogP contribution in [0.3, 0.4) is 0 Å². The monoisotopic (exact) mass is 419 g/mol. The third kappa shape index (κ3) is 3.90. The van der Waals surface area contributed by atoms with Crippen molar-refractivity contribution in [1.29, 1.82) is 0 Å². The number of sulfonamides is 1. The van der Waals surface area contributed by atoms with E-state index >= 15 is 0 Å². The maximum Gasteiger partial charge on any atom is 0.257 e. The highest BCUT2D eigenvalue weighted by Gasteiger charge is 2.28. The molecule has 0 saturated carbocycles. The van der Waals surface area contributed by atoms with Crippen LogP contribution in [0.4, 0.5) is 16.3 Å². The van der Waals surface area contributed by atoms with Crippen LogP contribution in [0.2, 0.25) is 5.02 Å². The number of nitrogens with zero attached hydrogens (tertiary/aromatic N) is 4. The van der Waals surface area contributed by atoms with Gasteiger partial charge in [-0.3, -0.25) is 4.72 Å². The molecule has 1 aliphatic heterocycles. The summed E-state index contributed by atoms with van der Waals surface area (Å²) in [5, 5.41) is 4.86. The average Bonchev–Trinajstić information content (AvgIpc) is 3.02. The highest BCUT2D eigenvalue weighted by Crippen LogP contribution is 2.33. The number of hydrogen-bond acceptors (Lipinski definition) is 5. The molecule has 1 N–H and O–H groups in total. The number of anilines is 1. The van der Waals surface area contributed by atoms with Gasteiger partial charge in [0.05, 0.1) is 18.0 Å². The van der Waals surface area contributed by atoms with Crippen LogP contribution in [0.25, 0.3) is 0 Å². The maximum absolute atomic E-state index is 13.4. The fourth-order valence-electron chi connectivity index (χ4n) is 3.01. The Morgan fingerprint density at radius 1 is 1.14 bits per heavy atom. The summed E-state index contributed by atoms with van der Waals surface area (Å²) < 4.78 is 40.2. The van der Waals surface area contributed by atoms with Crippen molar-refractivity contribution in [2.75, 3.05) is 11.0 Å². The van der Waals surface area contributed by atoms with E-state index in [9.17, 15) is 12.8 Å². The summed E-state index contributed by atoms with van der Waals surface area (Å²) in [6.45, 7) is 0. The zero-order valence-electron chi connectivity index (χ0n) is 14.7. The molecule has 2 heterocycles. The smallest absolute Gasteiger partial charge is 0.250 e. The van der Waals surface area contributed by atoms with Gasteiger partial charge in [-0.05, 0) is 35.4 Å². The van der Waals surface area contributed by atoms with Gasteiger partial charge < -0.3 is 0 Å². The highest BCUT2D eigenvalue weighted by atomic mass is 35.5. The first-order valence-electron chi connectivity index (χ1n) is 8.32. The molecule has 10 heteroatoms. The van der Waals surface area contributed by atoms with E-state index in [0.29, 0.717) is 11.4 Å². The van der Waals surface area contributed by atoms with Gasteiger partial charge in [-0.2, -0.15) is 4.98 Å². The second-order valence-corrected chi connectivity index (χ2v) is 8.58. The zero-order chi connectivity index (χ0) is 19.9. The standard InChI is InChI=1S/C18H15ClFN5O2S/c1-28(26,27)24-17-22-18-21-15(11-2-6-13(19)7-3-11)10-16(25(18)23-17)12-4-8-14(20)9-5-12/h2-9,16H,10H2,1H3,(H,23,24). The van der Waals surface area contributed by atoms with Crippen LogP contribution in [0.15, 0.2) is 53.5 Å². The Bertz CT molecular complexity index is 1160. The Kier molecular flexibility index (Phi) is 4.64. The Morgan fingerprint density at radius 3 is 2.46 bits per heavy atom. The lowest BCUT2D eigenvalue weighted by molar-refractivity contribution is 0.530. The molecule has 144 valence electrons. The third-order valence-corrected chi connectivity index (χ3v) is 5.04. The number of rotatable bonds is 4. The Morgan fingerprint density at radius 2 is 1.82 bits per heavy atom. The van der Waals surface area contributed by atoms with Crippen molar-refractivity contribution in [3.63, 3.8) is 0 Å². The van der Waals surface area contributed by atoms with Crippen LogP contribution < -0.4 is 4.72 Å². The number of aliphatic imine (C=N–C) groups is 1. The summed E-state index contributed by atoms with van der Waals surface area (Å²) in [6, 6.07) is 13.0. The van der Waals surface area contributed by atoms with Crippen molar-refractivity contribution < 1.29 is 12.8 Å². The van der Waals surface area contributed by atoms with Gasteiger partial charge in [0.15, 0.2) is 0 Å². The minimum absolute atomic E-state index is 0.0642. The molecular formula is C18H15ClFN5O2S. The van der Waals surface area contributed by atoms with E-state index < -0.39 is 10.0 Å². The van der Waals surface area contributed by atoms with Gasteiger partial charge in [0.1, 0.15) is 5.82 Å². The van der Waals surface area contributed by atoms with Crippen molar-refractivity contribution in [1.82, 2.24) is 14.8 Å². The predicted molar refractivity (Wildman–Crippen MR) is 105 cm³/mol. The molecule has 0 amide bonds. The minimum Gasteiger partial charge on any atom is -0.250 e. The predicted octanol–water partition coefficient (Wildman–Crippen LogP) is 3.56. The fraction of sp³-hybridized carbons (Fsp3) is 0.167. The lowest BCUT2D eigenvalue weighted by Crippen LogP contribution is -2.21. The Balaban J connectivity index is 1.81. The second kappa shape index (κ2) is 6.99. The molecule has 0 aliphatic carbocycles. The van der Waals surface area contributed by atoms with E-state index in [1.165, 1.54) is 12.1 Å².